The Labute approximate surface area is 178 Å². The van der Waals surface area contributed by atoms with E-state index in [-0.39, 0.29) is 11.4 Å². The van der Waals surface area contributed by atoms with Crippen LogP contribution >= 0.6 is 0 Å². The molecule has 31 heavy (non-hydrogen) atoms. The summed E-state index contributed by atoms with van der Waals surface area (Å²) in [5.74, 6) is 0.548. The number of hydrogen-bond donors (Lipinski definition) is 2. The van der Waals surface area contributed by atoms with Gasteiger partial charge in [-0.15, -0.1) is 0 Å². The second-order valence-electron chi connectivity index (χ2n) is 8.04. The molecule has 2 N–H and O–H groups in total. The van der Waals surface area contributed by atoms with Crippen molar-refractivity contribution in [3.05, 3.63) is 64.3 Å². The molecule has 1 aliphatic rings. The molecule has 0 amide bonds. The first-order chi connectivity index (χ1) is 15.2. The zero-order valence-corrected chi connectivity index (χ0v) is 17.1. The lowest BCUT2D eigenvalue weighted by Gasteiger charge is -2.31. The average molecular weight is 421 g/mol. The van der Waals surface area contributed by atoms with Gasteiger partial charge >= 0.3 is 0 Å². The van der Waals surface area contributed by atoms with Crippen LogP contribution in [0.1, 0.15) is 30.9 Å². The molecule has 0 unspecified atom stereocenters. The third kappa shape index (κ3) is 4.16. The summed E-state index contributed by atoms with van der Waals surface area (Å²) in [4.78, 5) is 21.8. The molecule has 0 spiro atoms. The summed E-state index contributed by atoms with van der Waals surface area (Å²) < 4.78 is 18.7. The fraction of sp³-hybridized carbons (Fsp3) is 0.348. The summed E-state index contributed by atoms with van der Waals surface area (Å²) in [6.45, 7) is 3.69. The van der Waals surface area contributed by atoms with Gasteiger partial charge in [-0.25, -0.2) is 9.37 Å². The van der Waals surface area contributed by atoms with Gasteiger partial charge in [0.25, 0.3) is 5.56 Å². The molecule has 2 aromatic heterocycles. The minimum absolute atomic E-state index is 0.127. The number of H-pyrrole nitrogens is 1. The van der Waals surface area contributed by atoms with Crippen molar-refractivity contribution in [2.75, 3.05) is 31.5 Å². The highest BCUT2D eigenvalue weighted by Gasteiger charge is 2.24. The third-order valence-electron chi connectivity index (χ3n) is 5.99. The first kappa shape index (κ1) is 19.7. The summed E-state index contributed by atoms with van der Waals surface area (Å²) in [5, 5.41) is 8.96. The molecule has 1 fully saturated rings. The lowest BCUT2D eigenvalue weighted by molar-refractivity contribution is 0.209. The van der Waals surface area contributed by atoms with Crippen molar-refractivity contribution in [2.45, 2.75) is 25.2 Å². The number of hydrogen-bond acceptors (Lipinski definition) is 6. The summed E-state index contributed by atoms with van der Waals surface area (Å²) in [6, 6.07) is 11.9. The highest BCUT2D eigenvalue weighted by atomic mass is 19.1. The standard InChI is InChI=1S/C23H24FN5O2/c24-16-6-7-18-20(14-16)31-28-21(18)15-8-12-29(13-9-15)11-3-10-25-23-26-19-5-2-1-4-17(19)22(30)27-23/h1-2,4-7,14-15H,3,8-13H2,(H2,25,26,27,30). The van der Waals surface area contributed by atoms with E-state index in [9.17, 15) is 9.18 Å². The molecule has 1 aliphatic heterocycles. The smallest absolute Gasteiger partial charge is 0.260 e. The first-order valence-electron chi connectivity index (χ1n) is 10.7. The van der Waals surface area contributed by atoms with Crippen molar-refractivity contribution in [1.29, 1.82) is 0 Å². The SMILES string of the molecule is O=c1[nH]c(NCCCN2CCC(c3noc4cc(F)ccc34)CC2)nc2ccccc12. The Morgan fingerprint density at radius 2 is 2.00 bits per heavy atom. The lowest BCUT2D eigenvalue weighted by Crippen LogP contribution is -2.34. The molecule has 8 heteroatoms. The molecule has 4 aromatic rings. The molecule has 0 aliphatic carbocycles. The number of para-hydroxylation sites is 1. The van der Waals surface area contributed by atoms with Crippen molar-refractivity contribution >= 4 is 27.8 Å². The molecular formula is C23H24FN5O2. The van der Waals surface area contributed by atoms with E-state index in [1.54, 1.807) is 12.1 Å². The van der Waals surface area contributed by atoms with E-state index in [1.807, 2.05) is 18.2 Å². The van der Waals surface area contributed by atoms with Crippen molar-refractivity contribution < 1.29 is 8.91 Å². The molecule has 5 rings (SSSR count). The Morgan fingerprint density at radius 1 is 1.16 bits per heavy atom. The van der Waals surface area contributed by atoms with E-state index in [2.05, 4.69) is 25.3 Å². The predicted octanol–water partition coefficient (Wildman–Crippen LogP) is 3.89. The van der Waals surface area contributed by atoms with Gasteiger partial charge in [-0.2, -0.15) is 0 Å². The summed E-state index contributed by atoms with van der Waals surface area (Å²) in [6.07, 6.45) is 2.96. The van der Waals surface area contributed by atoms with E-state index in [0.717, 1.165) is 56.5 Å². The molecule has 0 bridgehead atoms. The maximum Gasteiger partial charge on any atom is 0.260 e. The normalized spacial score (nSPS) is 15.6. The summed E-state index contributed by atoms with van der Waals surface area (Å²) in [7, 11) is 0. The van der Waals surface area contributed by atoms with Gasteiger partial charge in [0, 0.05) is 23.9 Å². The van der Waals surface area contributed by atoms with Gasteiger partial charge < -0.3 is 14.7 Å². The van der Waals surface area contributed by atoms with Crippen molar-refractivity contribution in [2.24, 2.45) is 0 Å². The van der Waals surface area contributed by atoms with E-state index >= 15 is 0 Å². The van der Waals surface area contributed by atoms with Crippen molar-refractivity contribution in [3.63, 3.8) is 0 Å². The molecule has 0 saturated carbocycles. The number of nitrogens with zero attached hydrogens (tertiary/aromatic N) is 3. The monoisotopic (exact) mass is 421 g/mol. The van der Waals surface area contributed by atoms with Gasteiger partial charge in [-0.3, -0.25) is 9.78 Å². The minimum Gasteiger partial charge on any atom is -0.356 e. The predicted molar refractivity (Wildman–Crippen MR) is 118 cm³/mol. The second kappa shape index (κ2) is 8.47. The van der Waals surface area contributed by atoms with Crippen molar-refractivity contribution in [1.82, 2.24) is 20.0 Å². The molecule has 0 atom stereocenters. The first-order valence-corrected chi connectivity index (χ1v) is 10.7. The lowest BCUT2D eigenvalue weighted by atomic mass is 9.91. The van der Waals surface area contributed by atoms with Crippen LogP contribution in [0.4, 0.5) is 10.3 Å². The van der Waals surface area contributed by atoms with Crippen LogP contribution in [-0.4, -0.2) is 46.2 Å². The largest absolute Gasteiger partial charge is 0.356 e. The Kier molecular flexibility index (Phi) is 5.38. The highest BCUT2D eigenvalue weighted by molar-refractivity contribution is 5.80. The minimum atomic E-state index is -0.304. The van der Waals surface area contributed by atoms with Gasteiger partial charge in [-0.05, 0) is 63.2 Å². The Balaban J connectivity index is 1.11. The highest BCUT2D eigenvalue weighted by Crippen LogP contribution is 2.32. The maximum absolute atomic E-state index is 13.4. The maximum atomic E-state index is 13.4. The quantitative estimate of drug-likeness (QED) is 0.460. The number of benzene rings is 2. The summed E-state index contributed by atoms with van der Waals surface area (Å²) in [5.41, 5.74) is 2.03. The number of rotatable bonds is 6. The number of nitrogens with one attached hydrogen (secondary N) is 2. The van der Waals surface area contributed by atoms with Crippen LogP contribution in [0.25, 0.3) is 21.9 Å². The summed E-state index contributed by atoms with van der Waals surface area (Å²) >= 11 is 0. The average Bonchev–Trinajstić information content (AvgIpc) is 3.20. The van der Waals surface area contributed by atoms with Gasteiger partial charge in [0.05, 0.1) is 16.6 Å². The zero-order chi connectivity index (χ0) is 21.2. The van der Waals surface area contributed by atoms with Crippen molar-refractivity contribution in [3.8, 4) is 0 Å². The van der Waals surface area contributed by atoms with Gasteiger partial charge in [0.1, 0.15) is 5.82 Å². The topological polar surface area (TPSA) is 87.0 Å². The number of halogens is 1. The van der Waals surface area contributed by atoms with Crippen LogP contribution in [0.3, 0.4) is 0 Å². The second-order valence-corrected chi connectivity index (χ2v) is 8.04. The molecule has 7 nitrogen and oxygen atoms in total. The van der Waals surface area contributed by atoms with Crippen LogP contribution in [0.2, 0.25) is 0 Å². The van der Waals surface area contributed by atoms with E-state index in [0.29, 0.717) is 28.4 Å². The zero-order valence-electron chi connectivity index (χ0n) is 17.1. The molecule has 3 heterocycles. The Hall–Kier alpha value is -3.26. The van der Waals surface area contributed by atoms with E-state index in [4.69, 9.17) is 4.52 Å². The van der Waals surface area contributed by atoms with Crippen LogP contribution in [0.5, 0.6) is 0 Å². The van der Waals surface area contributed by atoms with Crippen LogP contribution in [0.15, 0.2) is 51.8 Å². The van der Waals surface area contributed by atoms with Gasteiger partial charge in [0.2, 0.25) is 5.95 Å². The Bertz CT molecular complexity index is 1260. The Morgan fingerprint density at radius 3 is 2.87 bits per heavy atom. The van der Waals surface area contributed by atoms with Gasteiger partial charge in [0.15, 0.2) is 5.58 Å². The van der Waals surface area contributed by atoms with Gasteiger partial charge in [-0.1, -0.05) is 17.3 Å². The number of likely N-dealkylation sites (tertiary alicyclic amines) is 1. The number of fused-ring (bicyclic) bond motifs is 2. The number of piperidine rings is 1. The molecule has 0 radical (unpaired) electrons. The molecule has 2 aromatic carbocycles. The fourth-order valence-corrected chi connectivity index (χ4v) is 4.33. The molecule has 1 saturated heterocycles. The van der Waals surface area contributed by atoms with Crippen LogP contribution in [0, 0.1) is 5.82 Å². The van der Waals surface area contributed by atoms with Crippen LogP contribution < -0.4 is 10.9 Å². The number of anilines is 1. The van der Waals surface area contributed by atoms with E-state index in [1.165, 1.54) is 12.1 Å². The van der Waals surface area contributed by atoms with E-state index < -0.39 is 0 Å². The van der Waals surface area contributed by atoms with Crippen LogP contribution in [-0.2, 0) is 0 Å². The number of aromatic nitrogens is 3. The molecular weight excluding hydrogens is 397 g/mol. The fourth-order valence-electron chi connectivity index (χ4n) is 4.33. The number of aromatic amines is 1. The third-order valence-corrected chi connectivity index (χ3v) is 5.99. The molecule has 160 valence electrons.